The fourth-order valence-corrected chi connectivity index (χ4v) is 16.3. The molecular weight excluding hydrogens is 1380 g/mol. The highest BCUT2D eigenvalue weighted by molar-refractivity contribution is 6.02. The number of carboxylic acids is 1. The van der Waals surface area contributed by atoms with Gasteiger partial charge in [0.15, 0.2) is 0 Å². The molecule has 9 amide bonds. The number of carboxylic acid groups (broad SMARTS) is 1. The van der Waals surface area contributed by atoms with Crippen LogP contribution in [0.2, 0.25) is 0 Å². The van der Waals surface area contributed by atoms with E-state index in [0.717, 1.165) is 78.5 Å². The molecule has 5 aromatic rings. The van der Waals surface area contributed by atoms with Crippen molar-refractivity contribution in [1.82, 2.24) is 26.6 Å². The lowest BCUT2D eigenvalue weighted by Crippen LogP contribution is -2.58. The van der Waals surface area contributed by atoms with Crippen molar-refractivity contribution in [3.63, 3.8) is 0 Å². The highest BCUT2D eigenvalue weighted by Crippen LogP contribution is 2.59. The molecule has 10 rings (SSSR count). The standard InChI is InChI=1S/C83H103N9O16/c1-53(2)75(90-71(94)35-40-104-42-44-106-46-47-107-45-43-105-41-39-85-70(93)32-33-73(96)92-51-59-14-7-6-12-55(59)19-20-58-13-8-9-16-68(58)92)77(100)86-50-72(95)87-61-26-17-54(18-27-61)52-108-80(103)89-67(30-34-74(97)98)76(99)88-62-28-22-56-23-29-65-63(64(56)49-62)15-10-36-82(65,4)78(101)91-79(102)83(5)38-11-37-81(3)66-48-60(84)25-21-57(66)24-31-69(81)83/h6-9,12-14,16-18,21-22,25-28,48-49,53,63,65,67,69,75H,10-11,15,23-24,29-47,50-52,84H2,1-5H3,(H,85,93)(H,86,100)(H,87,95)(H,88,99)(H,89,103)(H,90,94)(H,97,98)(H,91,101,102)/t63?,65?,67?,69?,75?,81?,82?,83-/m0/s1. The molecule has 0 bridgehead atoms. The molecule has 7 unspecified atom stereocenters. The summed E-state index contributed by atoms with van der Waals surface area (Å²) in [7, 11) is 0. The van der Waals surface area contributed by atoms with E-state index in [1.165, 1.54) is 11.1 Å². The number of alkyl carbamates (subject to hydrolysis) is 1. The Hall–Kier alpha value is -10.0. The van der Waals surface area contributed by atoms with E-state index in [2.05, 4.69) is 68.1 Å². The summed E-state index contributed by atoms with van der Waals surface area (Å²) in [5.74, 6) is 1.79. The second kappa shape index (κ2) is 37.7. The Kier molecular flexibility index (Phi) is 28.1. The number of fused-ring (bicyclic) bond motifs is 8. The van der Waals surface area contributed by atoms with E-state index in [-0.39, 0.29) is 118 Å². The third kappa shape index (κ3) is 20.8. The molecule has 2 saturated carbocycles. The summed E-state index contributed by atoms with van der Waals surface area (Å²) < 4.78 is 27.7. The number of anilines is 4. The first-order valence-electron chi connectivity index (χ1n) is 37.8. The van der Waals surface area contributed by atoms with Crippen molar-refractivity contribution in [3.05, 3.63) is 154 Å². The first kappa shape index (κ1) is 80.5. The van der Waals surface area contributed by atoms with Crippen LogP contribution in [0.1, 0.15) is 169 Å². The van der Waals surface area contributed by atoms with Crippen LogP contribution in [0.5, 0.6) is 0 Å². The molecule has 8 atom stereocenters. The molecule has 0 spiro atoms. The van der Waals surface area contributed by atoms with Gasteiger partial charge in [0.2, 0.25) is 47.3 Å². The smallest absolute Gasteiger partial charge is 0.408 e. The van der Waals surface area contributed by atoms with Crippen molar-refractivity contribution >= 4 is 82.1 Å². The van der Waals surface area contributed by atoms with E-state index >= 15 is 0 Å². The largest absolute Gasteiger partial charge is 0.481 e. The fourth-order valence-electron chi connectivity index (χ4n) is 16.3. The molecule has 0 radical (unpaired) electrons. The zero-order valence-corrected chi connectivity index (χ0v) is 62.5. The SMILES string of the molecule is CC(C)C(NC(=O)CCOCCOCCOCCOCCNC(=O)CCC(=O)N1Cc2ccccc2C#Cc2ccccc21)C(=O)NCC(=O)Nc1ccc(COC(=O)NC(CCC(=O)O)C(=O)Nc2ccc3c(c2)C2CCCC(C)(C(=O)NC(=O)[C@@]4(C)CCCC5(C)c6cc(N)ccc6CCC54)C2CC3)cc1. The summed E-state index contributed by atoms with van der Waals surface area (Å²) in [6.07, 6.45) is 6.27. The number of imide groups is 1. The Morgan fingerprint density at radius 2 is 1.26 bits per heavy atom. The Labute approximate surface area is 631 Å². The number of nitrogens with zero attached hydrogens (tertiary/aromatic N) is 1. The first-order chi connectivity index (χ1) is 51.9. The van der Waals surface area contributed by atoms with Crippen LogP contribution >= 0.6 is 0 Å². The van der Waals surface area contributed by atoms with Crippen molar-refractivity contribution in [2.24, 2.45) is 28.6 Å². The second-order valence-electron chi connectivity index (χ2n) is 29.9. The molecule has 108 heavy (non-hydrogen) atoms. The summed E-state index contributed by atoms with van der Waals surface area (Å²) >= 11 is 0. The van der Waals surface area contributed by atoms with Gasteiger partial charge in [-0.05, 0) is 175 Å². The molecule has 5 aromatic carbocycles. The summed E-state index contributed by atoms with van der Waals surface area (Å²) in [6.45, 7) is 11.9. The van der Waals surface area contributed by atoms with Gasteiger partial charge in [-0.2, -0.15) is 0 Å². The van der Waals surface area contributed by atoms with Gasteiger partial charge in [-0.25, -0.2) is 4.79 Å². The minimum absolute atomic E-state index is 0.0225. The molecule has 25 nitrogen and oxygen atoms in total. The van der Waals surface area contributed by atoms with Gasteiger partial charge in [0.1, 0.15) is 18.7 Å². The van der Waals surface area contributed by atoms with Crippen molar-refractivity contribution in [1.29, 1.82) is 0 Å². The fraction of sp³-hybridized carbons (Fsp3) is 0.494. The zero-order valence-electron chi connectivity index (χ0n) is 62.5. The van der Waals surface area contributed by atoms with Gasteiger partial charge in [-0.1, -0.05) is 114 Å². The van der Waals surface area contributed by atoms with Crippen LogP contribution in [-0.4, -0.2) is 142 Å². The van der Waals surface area contributed by atoms with Crippen LogP contribution in [0, 0.1) is 40.4 Å². The lowest BCUT2D eigenvalue weighted by molar-refractivity contribution is -0.149. The quantitative estimate of drug-likeness (QED) is 0.00802. The van der Waals surface area contributed by atoms with E-state index < -0.39 is 71.6 Å². The molecule has 1 heterocycles. The summed E-state index contributed by atoms with van der Waals surface area (Å²) in [4.78, 5) is 135. The number of hydrogen-bond donors (Lipinski definition) is 9. The number of para-hydroxylation sites is 1. The lowest BCUT2D eigenvalue weighted by atomic mass is 9.49. The zero-order chi connectivity index (χ0) is 77.0. The Morgan fingerprint density at radius 3 is 2.00 bits per heavy atom. The van der Waals surface area contributed by atoms with Crippen LogP contribution in [0.3, 0.4) is 0 Å². The molecule has 0 saturated heterocycles. The van der Waals surface area contributed by atoms with Crippen LogP contribution < -0.4 is 47.9 Å². The summed E-state index contributed by atoms with van der Waals surface area (Å²) in [5, 5.41) is 28.8. The predicted molar refractivity (Wildman–Crippen MR) is 406 cm³/mol. The molecule has 10 N–H and O–H groups in total. The maximum atomic E-state index is 14.7. The monoisotopic (exact) mass is 1480 g/mol. The van der Waals surface area contributed by atoms with Crippen molar-refractivity contribution < 1.29 is 76.7 Å². The minimum atomic E-state index is -1.29. The number of amides is 9. The van der Waals surface area contributed by atoms with Crippen LogP contribution in [0.4, 0.5) is 27.5 Å². The Balaban J connectivity index is 0.571. The number of rotatable bonds is 34. The van der Waals surface area contributed by atoms with Gasteiger partial charge in [0.05, 0.1) is 82.5 Å². The third-order valence-electron chi connectivity index (χ3n) is 22.1. The molecule has 1 aliphatic heterocycles. The van der Waals surface area contributed by atoms with Crippen LogP contribution in [0.25, 0.3) is 0 Å². The molecule has 25 heteroatoms. The van der Waals surface area contributed by atoms with Crippen molar-refractivity contribution in [3.8, 4) is 11.8 Å². The maximum Gasteiger partial charge on any atom is 0.408 e. The summed E-state index contributed by atoms with van der Waals surface area (Å²) in [6, 6.07) is 31.1. The number of aryl methyl sites for hydroxylation is 2. The van der Waals surface area contributed by atoms with Gasteiger partial charge in [0.25, 0.3) is 0 Å². The molecule has 5 aliphatic rings. The third-order valence-corrected chi connectivity index (χ3v) is 22.1. The number of hydrogen-bond acceptors (Lipinski definition) is 16. The number of nitrogens with one attached hydrogen (secondary N) is 7. The topological polar surface area (TPSA) is 351 Å². The minimum Gasteiger partial charge on any atom is -0.481 e. The van der Waals surface area contributed by atoms with Crippen molar-refractivity contribution in [2.75, 3.05) is 87.2 Å². The number of benzene rings is 5. The maximum absolute atomic E-state index is 14.7. The van der Waals surface area contributed by atoms with Gasteiger partial charge >= 0.3 is 12.1 Å². The number of carbonyl (C=O) groups is 10. The lowest BCUT2D eigenvalue weighted by Gasteiger charge is -2.55. The average Bonchev–Trinajstić information content (AvgIpc) is 0.724. The van der Waals surface area contributed by atoms with E-state index in [4.69, 9.17) is 29.4 Å². The second-order valence-corrected chi connectivity index (χ2v) is 29.9. The highest BCUT2D eigenvalue weighted by atomic mass is 16.6. The van der Waals surface area contributed by atoms with E-state index in [0.29, 0.717) is 74.9 Å². The number of nitrogens with two attached hydrogens (primary N) is 1. The normalized spacial score (nSPS) is 20.7. The molecule has 2 fully saturated rings. The van der Waals surface area contributed by atoms with Crippen LogP contribution in [-0.2, 0) is 98.2 Å². The Morgan fingerprint density at radius 1 is 0.602 bits per heavy atom. The van der Waals surface area contributed by atoms with Gasteiger partial charge in [-0.15, -0.1) is 0 Å². The predicted octanol–water partition coefficient (Wildman–Crippen LogP) is 9.05. The van der Waals surface area contributed by atoms with Gasteiger partial charge in [-0.3, -0.25) is 48.5 Å². The number of ether oxygens (including phenoxy) is 5. The van der Waals surface area contributed by atoms with Crippen molar-refractivity contribution in [2.45, 2.75) is 167 Å². The number of aliphatic carboxylic acids is 1. The molecule has 576 valence electrons. The van der Waals surface area contributed by atoms with E-state index in [1.54, 1.807) is 49.1 Å². The highest BCUT2D eigenvalue weighted by Gasteiger charge is 2.57. The summed E-state index contributed by atoms with van der Waals surface area (Å²) in [5.41, 5.74) is 14.4. The number of carbonyl (C=O) groups excluding carboxylic acids is 9. The molecular formula is C83H103N9O16. The Bertz CT molecular complexity index is 4160. The van der Waals surface area contributed by atoms with Gasteiger partial charge < -0.3 is 71.3 Å². The first-order valence-corrected chi connectivity index (χ1v) is 37.8. The number of nitrogen functional groups attached to an aromatic ring is 1. The van der Waals surface area contributed by atoms with E-state index in [1.807, 2.05) is 80.6 Å². The van der Waals surface area contributed by atoms with Crippen LogP contribution in [0.15, 0.2) is 109 Å². The average molecular weight is 1480 g/mol. The van der Waals surface area contributed by atoms with Gasteiger partial charge in [0, 0.05) is 60.4 Å². The molecule has 0 aromatic heterocycles. The molecule has 4 aliphatic carbocycles. The van der Waals surface area contributed by atoms with E-state index in [9.17, 15) is 53.1 Å².